The normalized spacial score (nSPS) is 16.1. The van der Waals surface area contributed by atoms with E-state index in [1.807, 2.05) is 36.2 Å². The summed E-state index contributed by atoms with van der Waals surface area (Å²) in [6.07, 6.45) is 5.86. The number of anilines is 1. The standard InChI is InChI=1S/C22H35FN6S/c1-9-24-20(26-19-13-18(21(5,6)7)27-29(19)10-2)30-17(4)22(8,11-12-23)28-14-16(3)25-15-28/h11-15,17H,9-10H2,1-8H3,(H,24,26)/b12-11+/t17?,22-/m0/s1. The third-order valence-electron chi connectivity index (χ3n) is 5.16. The fourth-order valence-corrected chi connectivity index (χ4v) is 4.16. The second-order valence-corrected chi connectivity index (χ2v) is 9.92. The maximum atomic E-state index is 13.3. The van der Waals surface area contributed by atoms with Gasteiger partial charge in [-0.25, -0.2) is 14.1 Å². The summed E-state index contributed by atoms with van der Waals surface area (Å²) >= 11 is 1.58. The molecule has 1 N–H and O–H groups in total. The Bertz CT molecular complexity index is 892. The van der Waals surface area contributed by atoms with E-state index in [4.69, 9.17) is 5.10 Å². The van der Waals surface area contributed by atoms with Crippen LogP contribution in [0.2, 0.25) is 0 Å². The number of aromatic nitrogens is 4. The van der Waals surface area contributed by atoms with Crippen LogP contribution in [-0.2, 0) is 17.5 Å². The molecule has 2 aromatic heterocycles. The van der Waals surface area contributed by atoms with Crippen LogP contribution in [-0.4, -0.2) is 36.3 Å². The van der Waals surface area contributed by atoms with Gasteiger partial charge in [0.2, 0.25) is 0 Å². The zero-order valence-corrected chi connectivity index (χ0v) is 20.2. The second-order valence-electron chi connectivity index (χ2n) is 8.59. The second kappa shape index (κ2) is 9.81. The van der Waals surface area contributed by atoms with Gasteiger partial charge in [-0.1, -0.05) is 39.5 Å². The fourth-order valence-electron chi connectivity index (χ4n) is 3.01. The number of nitrogens with one attached hydrogen (secondary N) is 1. The molecule has 0 bridgehead atoms. The number of thioether (sulfide) groups is 1. The van der Waals surface area contributed by atoms with E-state index in [0.717, 1.165) is 28.9 Å². The van der Waals surface area contributed by atoms with Crippen molar-refractivity contribution in [2.75, 3.05) is 11.9 Å². The number of rotatable bonds is 7. The summed E-state index contributed by atoms with van der Waals surface area (Å²) in [7, 11) is 0. The summed E-state index contributed by atoms with van der Waals surface area (Å²) in [5, 5.41) is 8.97. The van der Waals surface area contributed by atoms with Gasteiger partial charge >= 0.3 is 0 Å². The van der Waals surface area contributed by atoms with Gasteiger partial charge in [-0.05, 0) is 33.8 Å². The van der Waals surface area contributed by atoms with E-state index >= 15 is 0 Å². The number of hydrogen-bond acceptors (Lipinski definition) is 4. The first kappa shape index (κ1) is 24.2. The molecule has 8 heteroatoms. The van der Waals surface area contributed by atoms with E-state index in [1.54, 1.807) is 24.2 Å². The lowest BCUT2D eigenvalue weighted by Gasteiger charge is -2.33. The maximum Gasteiger partial charge on any atom is 0.162 e. The van der Waals surface area contributed by atoms with Crippen molar-refractivity contribution in [1.29, 1.82) is 0 Å². The minimum absolute atomic E-state index is 0.0176. The predicted molar refractivity (Wildman–Crippen MR) is 126 cm³/mol. The van der Waals surface area contributed by atoms with Crippen LogP contribution < -0.4 is 5.32 Å². The van der Waals surface area contributed by atoms with Gasteiger partial charge in [-0.15, -0.1) is 0 Å². The molecule has 0 amide bonds. The van der Waals surface area contributed by atoms with Crippen LogP contribution in [0.25, 0.3) is 0 Å². The molecule has 0 saturated heterocycles. The molecule has 30 heavy (non-hydrogen) atoms. The highest BCUT2D eigenvalue weighted by molar-refractivity contribution is 8.14. The Morgan fingerprint density at radius 2 is 2.03 bits per heavy atom. The lowest BCUT2D eigenvalue weighted by atomic mass is 9.92. The van der Waals surface area contributed by atoms with Crippen LogP contribution in [0.3, 0.4) is 0 Å². The summed E-state index contributed by atoms with van der Waals surface area (Å²) < 4.78 is 17.2. The zero-order chi connectivity index (χ0) is 22.5. The van der Waals surface area contributed by atoms with E-state index in [-0.39, 0.29) is 10.7 Å². The molecule has 0 aliphatic heterocycles. The Labute approximate surface area is 184 Å². The van der Waals surface area contributed by atoms with Crippen LogP contribution in [0, 0.1) is 6.92 Å². The van der Waals surface area contributed by atoms with Crippen molar-refractivity contribution in [3.63, 3.8) is 0 Å². The van der Waals surface area contributed by atoms with Gasteiger partial charge in [0, 0.05) is 36.0 Å². The van der Waals surface area contributed by atoms with Crippen LogP contribution in [0.15, 0.2) is 36.0 Å². The number of hydrogen-bond donors (Lipinski definition) is 1. The van der Waals surface area contributed by atoms with Gasteiger partial charge in [-0.3, -0.25) is 4.99 Å². The molecule has 0 radical (unpaired) electrons. The third kappa shape index (κ3) is 5.53. The van der Waals surface area contributed by atoms with E-state index in [0.29, 0.717) is 12.9 Å². The van der Waals surface area contributed by atoms with E-state index in [1.165, 1.54) is 0 Å². The van der Waals surface area contributed by atoms with E-state index in [9.17, 15) is 4.39 Å². The molecule has 0 spiro atoms. The van der Waals surface area contributed by atoms with Crippen LogP contribution in [0.1, 0.15) is 59.9 Å². The highest BCUT2D eigenvalue weighted by Crippen LogP contribution is 2.33. The largest absolute Gasteiger partial charge is 0.327 e. The van der Waals surface area contributed by atoms with E-state index in [2.05, 4.69) is 56.0 Å². The summed E-state index contributed by atoms with van der Waals surface area (Å²) in [5.74, 6) is 0.913. The Balaban J connectivity index is 2.31. The molecular weight excluding hydrogens is 399 g/mol. The van der Waals surface area contributed by atoms with Gasteiger partial charge in [0.25, 0.3) is 0 Å². The maximum absolute atomic E-state index is 13.3. The van der Waals surface area contributed by atoms with Crippen molar-refractivity contribution in [3.05, 3.63) is 42.4 Å². The summed E-state index contributed by atoms with van der Waals surface area (Å²) in [6, 6.07) is 2.08. The smallest absolute Gasteiger partial charge is 0.162 e. The summed E-state index contributed by atoms with van der Waals surface area (Å²) in [4.78, 5) is 8.98. The molecule has 2 rings (SSSR count). The number of aliphatic imine (C=N–C) groups is 1. The van der Waals surface area contributed by atoms with Crippen LogP contribution in [0.5, 0.6) is 0 Å². The quantitative estimate of drug-likeness (QED) is 0.461. The number of nitrogens with zero attached hydrogens (tertiary/aromatic N) is 5. The summed E-state index contributed by atoms with van der Waals surface area (Å²) in [5.41, 5.74) is 1.29. The molecule has 0 fully saturated rings. The zero-order valence-electron chi connectivity index (χ0n) is 19.4. The molecule has 0 aliphatic carbocycles. The molecule has 2 aromatic rings. The van der Waals surface area contributed by atoms with Crippen molar-refractivity contribution in [3.8, 4) is 0 Å². The Morgan fingerprint density at radius 1 is 1.33 bits per heavy atom. The van der Waals surface area contributed by atoms with Gasteiger partial charge in [0.05, 0.1) is 29.6 Å². The number of aryl methyl sites for hydroxylation is 2. The molecule has 0 aliphatic rings. The SMILES string of the molecule is CCN=C(Nc1cc(C(C)(C)C)nn1CC)SC(C)[C@](C)(/C=C/F)n1cnc(C)c1. The van der Waals surface area contributed by atoms with Crippen molar-refractivity contribution >= 4 is 22.7 Å². The van der Waals surface area contributed by atoms with Crippen molar-refractivity contribution < 1.29 is 4.39 Å². The fraction of sp³-hybridized carbons (Fsp3) is 0.591. The molecular formula is C22H35FN6S. The lowest BCUT2D eigenvalue weighted by molar-refractivity contribution is 0.401. The average Bonchev–Trinajstić information content (AvgIpc) is 3.28. The Kier molecular flexibility index (Phi) is 7.91. The molecule has 6 nitrogen and oxygen atoms in total. The number of halogens is 1. The molecule has 166 valence electrons. The number of allylic oxidation sites excluding steroid dienone is 1. The van der Waals surface area contributed by atoms with Crippen LogP contribution >= 0.6 is 11.8 Å². The minimum atomic E-state index is -0.599. The Morgan fingerprint density at radius 3 is 2.53 bits per heavy atom. The van der Waals surface area contributed by atoms with Gasteiger partial charge in [0.1, 0.15) is 5.82 Å². The minimum Gasteiger partial charge on any atom is -0.327 e. The van der Waals surface area contributed by atoms with Crippen molar-refractivity contribution in [2.45, 2.75) is 78.1 Å². The predicted octanol–water partition coefficient (Wildman–Crippen LogP) is 5.51. The van der Waals surface area contributed by atoms with Gasteiger partial charge in [0.15, 0.2) is 5.17 Å². The first-order valence-electron chi connectivity index (χ1n) is 10.4. The topological polar surface area (TPSA) is 60.0 Å². The van der Waals surface area contributed by atoms with Gasteiger partial charge in [-0.2, -0.15) is 5.10 Å². The molecule has 1 unspecified atom stereocenters. The molecule has 0 saturated carbocycles. The molecule has 2 heterocycles. The van der Waals surface area contributed by atoms with Crippen molar-refractivity contribution in [1.82, 2.24) is 19.3 Å². The number of imidazole rings is 1. The van der Waals surface area contributed by atoms with Gasteiger partial charge < -0.3 is 9.88 Å². The first-order valence-corrected chi connectivity index (χ1v) is 11.3. The number of amidine groups is 1. The summed E-state index contributed by atoms with van der Waals surface area (Å²) in [6.45, 7) is 17.9. The average molecular weight is 435 g/mol. The van der Waals surface area contributed by atoms with E-state index < -0.39 is 5.54 Å². The molecule has 2 atom stereocenters. The third-order valence-corrected chi connectivity index (χ3v) is 6.45. The first-order chi connectivity index (χ1) is 14.0. The highest BCUT2D eigenvalue weighted by Gasteiger charge is 2.33. The Hall–Kier alpha value is -2.09. The van der Waals surface area contributed by atoms with Crippen LogP contribution in [0.4, 0.5) is 10.2 Å². The molecule has 0 aromatic carbocycles. The monoisotopic (exact) mass is 434 g/mol. The van der Waals surface area contributed by atoms with Crippen molar-refractivity contribution in [2.24, 2.45) is 4.99 Å². The lowest BCUT2D eigenvalue weighted by Crippen LogP contribution is -2.37. The highest BCUT2D eigenvalue weighted by atomic mass is 32.2.